The van der Waals surface area contributed by atoms with E-state index in [-0.39, 0.29) is 0 Å². The van der Waals surface area contributed by atoms with Gasteiger partial charge in [-0.3, -0.25) is 0 Å². The van der Waals surface area contributed by atoms with Crippen molar-refractivity contribution < 1.29 is 13.2 Å². The second kappa shape index (κ2) is 3.36. The second-order valence-electron chi connectivity index (χ2n) is 3.10. The van der Waals surface area contributed by atoms with Crippen molar-refractivity contribution in [2.24, 2.45) is 0 Å². The van der Waals surface area contributed by atoms with E-state index in [0.29, 0.717) is 18.8 Å². The zero-order valence-electron chi connectivity index (χ0n) is 7.30. The lowest BCUT2D eigenvalue weighted by molar-refractivity contribution is 0.447. The average molecular weight is 199 g/mol. The van der Waals surface area contributed by atoms with Crippen LogP contribution in [-0.4, -0.2) is 13.1 Å². The molecular weight excluding hydrogens is 191 g/mol. The maximum absolute atomic E-state index is 12.8. The molecule has 0 fully saturated rings. The molecule has 0 saturated carbocycles. The van der Waals surface area contributed by atoms with Crippen LogP contribution in [0.1, 0.15) is 0 Å². The molecule has 0 spiro atoms. The van der Waals surface area contributed by atoms with Crippen molar-refractivity contribution in [3.63, 3.8) is 0 Å². The first-order valence-electron chi connectivity index (χ1n) is 4.23. The van der Waals surface area contributed by atoms with E-state index in [4.69, 9.17) is 0 Å². The molecule has 0 saturated heterocycles. The van der Waals surface area contributed by atoms with E-state index >= 15 is 0 Å². The van der Waals surface area contributed by atoms with Gasteiger partial charge < -0.3 is 4.90 Å². The van der Waals surface area contributed by atoms with Crippen molar-refractivity contribution in [2.75, 3.05) is 18.0 Å². The highest BCUT2D eigenvalue weighted by molar-refractivity contribution is 5.49. The summed E-state index contributed by atoms with van der Waals surface area (Å²) in [7, 11) is 0. The fourth-order valence-corrected chi connectivity index (χ4v) is 1.41. The second-order valence-corrected chi connectivity index (χ2v) is 3.10. The normalized spacial score (nSPS) is 15.2. The highest BCUT2D eigenvalue weighted by Gasteiger charge is 2.14. The zero-order chi connectivity index (χ0) is 10.1. The number of hydrogen-bond donors (Lipinski definition) is 0. The molecule has 2 rings (SSSR count). The first-order valence-corrected chi connectivity index (χ1v) is 4.23. The fourth-order valence-electron chi connectivity index (χ4n) is 1.41. The highest BCUT2D eigenvalue weighted by Crippen LogP contribution is 2.22. The lowest BCUT2D eigenvalue weighted by Crippen LogP contribution is -2.19. The summed E-state index contributed by atoms with van der Waals surface area (Å²) in [5.41, 5.74) is 0.367. The quantitative estimate of drug-likeness (QED) is 0.496. The summed E-state index contributed by atoms with van der Waals surface area (Å²) in [5, 5.41) is 0. The molecule has 0 aromatic heterocycles. The third-order valence-electron chi connectivity index (χ3n) is 2.15. The van der Waals surface area contributed by atoms with Crippen LogP contribution in [0.2, 0.25) is 0 Å². The van der Waals surface area contributed by atoms with E-state index in [1.54, 1.807) is 4.90 Å². The minimum Gasteiger partial charge on any atom is -0.364 e. The summed E-state index contributed by atoms with van der Waals surface area (Å²) in [4.78, 5) is 1.74. The van der Waals surface area contributed by atoms with E-state index in [9.17, 15) is 13.2 Å². The Morgan fingerprint density at radius 3 is 1.93 bits per heavy atom. The van der Waals surface area contributed by atoms with Gasteiger partial charge in [0.05, 0.1) is 0 Å². The Morgan fingerprint density at radius 1 is 0.929 bits per heavy atom. The maximum Gasteiger partial charge on any atom is 0.194 e. The smallest absolute Gasteiger partial charge is 0.194 e. The van der Waals surface area contributed by atoms with Crippen LogP contribution in [-0.2, 0) is 0 Å². The largest absolute Gasteiger partial charge is 0.364 e. The van der Waals surface area contributed by atoms with Gasteiger partial charge in [-0.05, 0) is 0 Å². The first kappa shape index (κ1) is 9.12. The Bertz CT molecular complexity index is 356. The van der Waals surface area contributed by atoms with Crippen molar-refractivity contribution in [1.82, 2.24) is 0 Å². The van der Waals surface area contributed by atoms with Crippen molar-refractivity contribution in [1.29, 1.82) is 0 Å². The number of nitrogens with zero attached hydrogens (tertiary/aromatic N) is 1. The molecule has 0 N–H and O–H groups in total. The monoisotopic (exact) mass is 199 g/mol. The predicted octanol–water partition coefficient (Wildman–Crippen LogP) is 2.48. The van der Waals surface area contributed by atoms with Crippen LogP contribution < -0.4 is 4.90 Å². The van der Waals surface area contributed by atoms with E-state index in [1.165, 1.54) is 0 Å². The molecular formula is C10H8F3N. The zero-order valence-corrected chi connectivity index (χ0v) is 7.30. The Balaban J connectivity index is 2.35. The third kappa shape index (κ3) is 1.47. The van der Waals surface area contributed by atoms with Crippen LogP contribution in [0, 0.1) is 17.5 Å². The van der Waals surface area contributed by atoms with Gasteiger partial charge in [-0.15, -0.1) is 0 Å². The van der Waals surface area contributed by atoms with E-state index in [0.717, 1.165) is 12.1 Å². The van der Waals surface area contributed by atoms with E-state index in [1.807, 2.05) is 12.2 Å². The number of hydrogen-bond acceptors (Lipinski definition) is 1. The topological polar surface area (TPSA) is 3.24 Å². The molecule has 74 valence electrons. The van der Waals surface area contributed by atoms with Crippen molar-refractivity contribution in [2.45, 2.75) is 0 Å². The Labute approximate surface area is 79.5 Å². The van der Waals surface area contributed by atoms with Gasteiger partial charge >= 0.3 is 0 Å². The van der Waals surface area contributed by atoms with Gasteiger partial charge in [0.1, 0.15) is 0 Å². The molecule has 1 aliphatic heterocycles. The summed E-state index contributed by atoms with van der Waals surface area (Å²) in [6, 6.07) is 2.01. The Kier molecular flexibility index (Phi) is 2.19. The molecule has 4 heteroatoms. The molecule has 1 nitrogen and oxygen atoms in total. The molecule has 0 bridgehead atoms. The number of halogens is 3. The maximum atomic E-state index is 12.8. The molecule has 14 heavy (non-hydrogen) atoms. The van der Waals surface area contributed by atoms with E-state index in [2.05, 4.69) is 0 Å². The van der Waals surface area contributed by atoms with Gasteiger partial charge in [0, 0.05) is 30.9 Å². The molecule has 1 aliphatic rings. The molecule has 0 amide bonds. The van der Waals surface area contributed by atoms with Gasteiger partial charge in [-0.25, -0.2) is 13.2 Å². The molecule has 0 aliphatic carbocycles. The van der Waals surface area contributed by atoms with Crippen LogP contribution >= 0.6 is 0 Å². The van der Waals surface area contributed by atoms with Gasteiger partial charge in [0.25, 0.3) is 0 Å². The van der Waals surface area contributed by atoms with Crippen LogP contribution in [0.5, 0.6) is 0 Å². The number of benzene rings is 1. The lowest BCUT2D eigenvalue weighted by atomic mass is 10.2. The number of anilines is 1. The van der Waals surface area contributed by atoms with Crippen LogP contribution in [0.25, 0.3) is 0 Å². The highest BCUT2D eigenvalue weighted by atomic mass is 19.2. The molecule has 1 aromatic rings. The summed E-state index contributed by atoms with van der Waals surface area (Å²) >= 11 is 0. The van der Waals surface area contributed by atoms with Gasteiger partial charge in [-0.2, -0.15) is 0 Å². The summed E-state index contributed by atoms with van der Waals surface area (Å²) < 4.78 is 38.3. The molecule has 0 atom stereocenters. The third-order valence-corrected chi connectivity index (χ3v) is 2.15. The lowest BCUT2D eigenvalue weighted by Gasteiger charge is -2.17. The SMILES string of the molecule is Fc1cc(N2CC=CC2)cc(F)c1F. The van der Waals surface area contributed by atoms with Crippen LogP contribution in [0.4, 0.5) is 18.9 Å². The minimum absolute atomic E-state index is 0.367. The Morgan fingerprint density at radius 2 is 1.43 bits per heavy atom. The summed E-state index contributed by atoms with van der Waals surface area (Å²) in [5.74, 6) is -3.71. The molecule has 0 radical (unpaired) electrons. The van der Waals surface area contributed by atoms with Crippen molar-refractivity contribution in [3.05, 3.63) is 41.7 Å². The van der Waals surface area contributed by atoms with Crippen LogP contribution in [0.15, 0.2) is 24.3 Å². The van der Waals surface area contributed by atoms with Gasteiger partial charge in [0.15, 0.2) is 17.5 Å². The standard InChI is InChI=1S/C10H8F3N/c11-8-5-7(6-9(12)10(8)13)14-3-1-2-4-14/h1-2,5-6H,3-4H2. The summed E-state index contributed by atoms with van der Waals surface area (Å²) in [6.07, 6.45) is 3.78. The van der Waals surface area contributed by atoms with Gasteiger partial charge in [0.2, 0.25) is 0 Å². The minimum atomic E-state index is -1.42. The van der Waals surface area contributed by atoms with Gasteiger partial charge in [-0.1, -0.05) is 12.2 Å². The molecule has 1 aromatic carbocycles. The molecule has 1 heterocycles. The fraction of sp³-hybridized carbons (Fsp3) is 0.200. The van der Waals surface area contributed by atoms with Crippen LogP contribution in [0.3, 0.4) is 0 Å². The predicted molar refractivity (Wildman–Crippen MR) is 47.7 cm³/mol. The average Bonchev–Trinajstić information content (AvgIpc) is 2.66. The molecule has 0 unspecified atom stereocenters. The van der Waals surface area contributed by atoms with E-state index < -0.39 is 17.5 Å². The first-order chi connectivity index (χ1) is 6.68. The van der Waals surface area contributed by atoms with Crippen molar-refractivity contribution in [3.8, 4) is 0 Å². The number of rotatable bonds is 1. The van der Waals surface area contributed by atoms with Crippen molar-refractivity contribution >= 4 is 5.69 Å². The Hall–Kier alpha value is -1.45. The summed E-state index contributed by atoms with van der Waals surface area (Å²) in [6.45, 7) is 1.20.